The summed E-state index contributed by atoms with van der Waals surface area (Å²) in [6.07, 6.45) is 6.16. The number of nitrogens with one attached hydrogen (secondary N) is 1. The Morgan fingerprint density at radius 1 is 0.848 bits per heavy atom. The van der Waals surface area contributed by atoms with Crippen molar-refractivity contribution in [1.29, 1.82) is 0 Å². The highest BCUT2D eigenvalue weighted by molar-refractivity contribution is 6.07. The van der Waals surface area contributed by atoms with Crippen LogP contribution in [0.1, 0.15) is 54.4 Å². The minimum atomic E-state index is -0.0178. The summed E-state index contributed by atoms with van der Waals surface area (Å²) in [7, 11) is 0. The Morgan fingerprint density at radius 3 is 2.27 bits per heavy atom. The Bertz CT molecular complexity index is 1120. The summed E-state index contributed by atoms with van der Waals surface area (Å²) in [6.45, 7) is 1.97. The first kappa shape index (κ1) is 21.7. The molecule has 0 aromatic heterocycles. The molecular weight excluding hydrogens is 408 g/mol. The molecule has 170 valence electrons. The van der Waals surface area contributed by atoms with Crippen molar-refractivity contribution in [1.82, 2.24) is 10.2 Å². The van der Waals surface area contributed by atoms with Crippen LogP contribution in [-0.4, -0.2) is 36.3 Å². The first-order chi connectivity index (χ1) is 16.2. The fourth-order valence-electron chi connectivity index (χ4n) is 5.74. The van der Waals surface area contributed by atoms with Crippen molar-refractivity contribution in [3.05, 3.63) is 83.9 Å². The summed E-state index contributed by atoms with van der Waals surface area (Å²) in [4.78, 5) is 28.2. The maximum Gasteiger partial charge on any atom is 0.254 e. The number of nitrogens with zero attached hydrogens (tertiary/aromatic N) is 1. The second-order valence-corrected chi connectivity index (χ2v) is 9.66. The molecular formula is C29H32N2O2. The van der Waals surface area contributed by atoms with Gasteiger partial charge in [0.15, 0.2) is 0 Å². The zero-order valence-electron chi connectivity index (χ0n) is 19.1. The van der Waals surface area contributed by atoms with Gasteiger partial charge in [-0.25, -0.2) is 0 Å². The molecule has 2 amide bonds. The molecule has 0 unspecified atom stereocenters. The van der Waals surface area contributed by atoms with E-state index in [1.54, 1.807) is 0 Å². The predicted octanol–water partition coefficient (Wildman–Crippen LogP) is 5.32. The number of rotatable bonds is 5. The molecule has 0 bridgehead atoms. The molecule has 1 aliphatic heterocycles. The number of carbonyl (C=O) groups is 2. The smallest absolute Gasteiger partial charge is 0.254 e. The number of likely N-dealkylation sites (tertiary alicyclic amines) is 1. The largest absolute Gasteiger partial charge is 0.355 e. The van der Waals surface area contributed by atoms with E-state index in [2.05, 4.69) is 35.6 Å². The van der Waals surface area contributed by atoms with Gasteiger partial charge in [0, 0.05) is 36.5 Å². The third kappa shape index (κ3) is 4.39. The van der Waals surface area contributed by atoms with E-state index in [1.165, 1.54) is 18.4 Å². The van der Waals surface area contributed by atoms with E-state index in [0.29, 0.717) is 19.6 Å². The molecule has 2 fully saturated rings. The quantitative estimate of drug-likeness (QED) is 0.584. The molecule has 4 nitrogen and oxygen atoms in total. The van der Waals surface area contributed by atoms with Crippen molar-refractivity contribution in [2.75, 3.05) is 19.6 Å². The Labute approximate surface area is 196 Å². The molecule has 5 rings (SSSR count). The highest BCUT2D eigenvalue weighted by Crippen LogP contribution is 2.40. The molecule has 1 saturated heterocycles. The van der Waals surface area contributed by atoms with Crippen LogP contribution in [0, 0.1) is 5.92 Å². The van der Waals surface area contributed by atoms with Crippen LogP contribution in [0.2, 0.25) is 0 Å². The summed E-state index contributed by atoms with van der Waals surface area (Å²) in [5.41, 5.74) is 2.17. The number of carbonyl (C=O) groups excluding carboxylic acids is 2. The van der Waals surface area contributed by atoms with Gasteiger partial charge in [-0.1, -0.05) is 79.6 Å². The van der Waals surface area contributed by atoms with Gasteiger partial charge >= 0.3 is 0 Å². The lowest BCUT2D eigenvalue weighted by Crippen LogP contribution is -2.46. The Kier molecular flexibility index (Phi) is 6.17. The minimum absolute atomic E-state index is 0.0178. The Morgan fingerprint density at radius 2 is 1.52 bits per heavy atom. The number of benzene rings is 3. The van der Waals surface area contributed by atoms with Crippen LogP contribution in [0.15, 0.2) is 72.8 Å². The Hall–Kier alpha value is -3.14. The fraction of sp³-hybridized carbons (Fsp3) is 0.379. The first-order valence-electron chi connectivity index (χ1n) is 12.3. The van der Waals surface area contributed by atoms with Crippen LogP contribution in [-0.2, 0) is 10.2 Å². The summed E-state index contributed by atoms with van der Waals surface area (Å²) in [6, 6.07) is 24.6. The van der Waals surface area contributed by atoms with Gasteiger partial charge in [0.05, 0.1) is 0 Å². The van der Waals surface area contributed by atoms with Crippen molar-refractivity contribution in [3.63, 3.8) is 0 Å². The zero-order chi connectivity index (χ0) is 22.7. The van der Waals surface area contributed by atoms with Crippen LogP contribution in [0.5, 0.6) is 0 Å². The third-order valence-corrected chi connectivity index (χ3v) is 7.72. The third-order valence-electron chi connectivity index (χ3n) is 7.72. The molecule has 0 radical (unpaired) electrons. The predicted molar refractivity (Wildman–Crippen MR) is 132 cm³/mol. The van der Waals surface area contributed by atoms with Gasteiger partial charge in [-0.15, -0.1) is 0 Å². The van der Waals surface area contributed by atoms with E-state index >= 15 is 0 Å². The second kappa shape index (κ2) is 9.38. The monoisotopic (exact) mass is 440 g/mol. The highest BCUT2D eigenvalue weighted by atomic mass is 16.2. The molecule has 3 aromatic rings. The van der Waals surface area contributed by atoms with Gasteiger partial charge in [-0.05, 0) is 48.1 Å². The molecule has 0 atom stereocenters. The topological polar surface area (TPSA) is 49.4 Å². The summed E-state index contributed by atoms with van der Waals surface area (Å²) in [5.74, 6) is 0.199. The van der Waals surface area contributed by atoms with Gasteiger partial charge in [0.1, 0.15) is 0 Å². The first-order valence-corrected chi connectivity index (χ1v) is 12.3. The molecule has 1 aliphatic carbocycles. The van der Waals surface area contributed by atoms with Crippen molar-refractivity contribution in [2.24, 2.45) is 5.92 Å². The van der Waals surface area contributed by atoms with E-state index in [-0.39, 0.29) is 23.1 Å². The summed E-state index contributed by atoms with van der Waals surface area (Å²) < 4.78 is 0. The highest BCUT2D eigenvalue weighted by Gasteiger charge is 2.37. The van der Waals surface area contributed by atoms with E-state index in [0.717, 1.165) is 42.0 Å². The lowest BCUT2D eigenvalue weighted by atomic mass is 9.78. The van der Waals surface area contributed by atoms with E-state index in [9.17, 15) is 9.59 Å². The van der Waals surface area contributed by atoms with Crippen LogP contribution in [0.25, 0.3) is 10.8 Å². The fourth-order valence-corrected chi connectivity index (χ4v) is 5.74. The van der Waals surface area contributed by atoms with Crippen LogP contribution >= 0.6 is 0 Å². The maximum atomic E-state index is 13.2. The number of piperidine rings is 1. The Balaban J connectivity index is 1.19. The number of hydrogen-bond donors (Lipinski definition) is 1. The van der Waals surface area contributed by atoms with Gasteiger partial charge in [-0.3, -0.25) is 9.59 Å². The SMILES string of the molecule is O=C(NCC1(c2ccccc2)CCCC1)C1CCN(C(=O)c2cccc3ccccc23)CC1. The molecule has 3 aromatic carbocycles. The summed E-state index contributed by atoms with van der Waals surface area (Å²) in [5, 5.41) is 5.36. The molecule has 2 aliphatic rings. The minimum Gasteiger partial charge on any atom is -0.355 e. The van der Waals surface area contributed by atoms with Gasteiger partial charge in [-0.2, -0.15) is 0 Å². The molecule has 1 heterocycles. The van der Waals surface area contributed by atoms with E-state index in [1.807, 2.05) is 47.4 Å². The standard InChI is InChI=1S/C29H32N2O2/c32-27(30-21-29(17-6-7-18-29)24-11-2-1-3-12-24)23-15-19-31(20-16-23)28(33)26-14-8-10-22-9-4-5-13-25(22)26/h1-5,8-14,23H,6-7,15-21H2,(H,30,32). The van der Waals surface area contributed by atoms with Gasteiger partial charge < -0.3 is 10.2 Å². The van der Waals surface area contributed by atoms with Crippen LogP contribution in [0.4, 0.5) is 0 Å². The van der Waals surface area contributed by atoms with E-state index < -0.39 is 0 Å². The van der Waals surface area contributed by atoms with Crippen molar-refractivity contribution in [2.45, 2.75) is 43.9 Å². The number of hydrogen-bond acceptors (Lipinski definition) is 2. The lowest BCUT2D eigenvalue weighted by Gasteiger charge is -2.34. The average Bonchev–Trinajstić information content (AvgIpc) is 3.37. The zero-order valence-corrected chi connectivity index (χ0v) is 19.1. The average molecular weight is 441 g/mol. The molecule has 1 N–H and O–H groups in total. The molecule has 0 spiro atoms. The maximum absolute atomic E-state index is 13.2. The van der Waals surface area contributed by atoms with Gasteiger partial charge in [0.2, 0.25) is 5.91 Å². The normalized spacial score (nSPS) is 18.4. The number of amides is 2. The summed E-state index contributed by atoms with van der Waals surface area (Å²) >= 11 is 0. The molecule has 1 saturated carbocycles. The van der Waals surface area contributed by atoms with E-state index in [4.69, 9.17) is 0 Å². The second-order valence-electron chi connectivity index (χ2n) is 9.66. The van der Waals surface area contributed by atoms with Crippen molar-refractivity contribution in [3.8, 4) is 0 Å². The van der Waals surface area contributed by atoms with Crippen molar-refractivity contribution < 1.29 is 9.59 Å². The van der Waals surface area contributed by atoms with Crippen LogP contribution in [0.3, 0.4) is 0 Å². The van der Waals surface area contributed by atoms with Crippen LogP contribution < -0.4 is 5.32 Å². The molecule has 4 heteroatoms. The van der Waals surface area contributed by atoms with Crippen molar-refractivity contribution >= 4 is 22.6 Å². The number of fused-ring (bicyclic) bond motifs is 1. The van der Waals surface area contributed by atoms with Gasteiger partial charge in [0.25, 0.3) is 5.91 Å². The lowest BCUT2D eigenvalue weighted by molar-refractivity contribution is -0.126. The molecule has 33 heavy (non-hydrogen) atoms.